The molecule has 5 unspecified atom stereocenters. The van der Waals surface area contributed by atoms with Crippen LogP contribution in [0.1, 0.15) is 19.3 Å². The van der Waals surface area contributed by atoms with Gasteiger partial charge in [-0.15, -0.1) is 0 Å². The van der Waals surface area contributed by atoms with Gasteiger partial charge >= 0.3 is 0 Å². The third-order valence-corrected chi connectivity index (χ3v) is 5.44. The van der Waals surface area contributed by atoms with Crippen LogP contribution >= 0.6 is 0 Å². The van der Waals surface area contributed by atoms with Crippen molar-refractivity contribution in [1.29, 1.82) is 0 Å². The van der Waals surface area contributed by atoms with Crippen LogP contribution in [-0.4, -0.2) is 92.2 Å². The molecule has 1 aliphatic rings. The van der Waals surface area contributed by atoms with Crippen molar-refractivity contribution in [3.8, 4) is 0 Å². The summed E-state index contributed by atoms with van der Waals surface area (Å²) in [5.41, 5.74) is -3.16. The van der Waals surface area contributed by atoms with E-state index in [-0.39, 0.29) is 25.4 Å². The molecule has 132 valence electrons. The molecule has 0 aliphatic heterocycles. The fraction of sp³-hybridized carbons (Fsp3) is 1.00. The average Bonchev–Trinajstić information content (AvgIpc) is 2.58. The standard InChI is InChI=1S/C14H28O8/c15-4-9-1-2-13(8-19,10(20)5-16)14(3-9,11(21)6-17)12(22)7-18/h9-12,15-22H,1-8H2. The highest BCUT2D eigenvalue weighted by Gasteiger charge is 2.64. The second-order valence-electron chi connectivity index (χ2n) is 6.24. The zero-order chi connectivity index (χ0) is 17.0. The Morgan fingerprint density at radius 2 is 1.32 bits per heavy atom. The van der Waals surface area contributed by atoms with Gasteiger partial charge in [0, 0.05) is 17.4 Å². The average molecular weight is 324 g/mol. The smallest absolute Gasteiger partial charge is 0.0859 e. The van der Waals surface area contributed by atoms with Crippen molar-refractivity contribution in [2.75, 3.05) is 33.0 Å². The van der Waals surface area contributed by atoms with E-state index in [1.54, 1.807) is 0 Å². The summed E-state index contributed by atoms with van der Waals surface area (Å²) in [4.78, 5) is 0. The molecule has 1 fully saturated rings. The van der Waals surface area contributed by atoms with Crippen molar-refractivity contribution in [3.63, 3.8) is 0 Å². The third-order valence-electron chi connectivity index (χ3n) is 5.44. The van der Waals surface area contributed by atoms with Crippen molar-refractivity contribution in [1.82, 2.24) is 0 Å². The van der Waals surface area contributed by atoms with E-state index in [2.05, 4.69) is 0 Å². The first-order chi connectivity index (χ1) is 10.4. The highest BCUT2D eigenvalue weighted by atomic mass is 16.3. The van der Waals surface area contributed by atoms with Crippen molar-refractivity contribution in [2.45, 2.75) is 37.6 Å². The lowest BCUT2D eigenvalue weighted by molar-refractivity contribution is -0.250. The number of aliphatic hydroxyl groups excluding tert-OH is 8. The molecule has 8 heteroatoms. The summed E-state index contributed by atoms with van der Waals surface area (Å²) in [6, 6.07) is 0. The van der Waals surface area contributed by atoms with Crippen molar-refractivity contribution in [2.24, 2.45) is 16.7 Å². The molecule has 0 spiro atoms. The molecule has 8 nitrogen and oxygen atoms in total. The largest absolute Gasteiger partial charge is 0.396 e. The second-order valence-corrected chi connectivity index (χ2v) is 6.24. The molecular weight excluding hydrogens is 296 g/mol. The van der Waals surface area contributed by atoms with E-state index < -0.39 is 55.6 Å². The highest BCUT2D eigenvalue weighted by molar-refractivity contribution is 5.11. The fourth-order valence-corrected chi connectivity index (χ4v) is 4.10. The zero-order valence-corrected chi connectivity index (χ0v) is 12.5. The predicted octanol–water partition coefficient (Wildman–Crippen LogP) is -3.20. The fourth-order valence-electron chi connectivity index (χ4n) is 4.10. The molecule has 5 atom stereocenters. The summed E-state index contributed by atoms with van der Waals surface area (Å²) in [5, 5.41) is 78.4. The van der Waals surface area contributed by atoms with Crippen LogP contribution in [0.25, 0.3) is 0 Å². The molecule has 0 saturated heterocycles. The van der Waals surface area contributed by atoms with Gasteiger partial charge in [0.15, 0.2) is 0 Å². The molecule has 0 aromatic heterocycles. The zero-order valence-electron chi connectivity index (χ0n) is 12.5. The molecule has 0 aromatic rings. The summed E-state index contributed by atoms with van der Waals surface area (Å²) in [6.07, 6.45) is -4.03. The quantitative estimate of drug-likeness (QED) is 0.231. The van der Waals surface area contributed by atoms with E-state index in [9.17, 15) is 40.9 Å². The maximum atomic E-state index is 10.4. The summed E-state index contributed by atoms with van der Waals surface area (Å²) < 4.78 is 0. The van der Waals surface area contributed by atoms with Gasteiger partial charge in [0.2, 0.25) is 0 Å². The summed E-state index contributed by atoms with van der Waals surface area (Å²) in [6.45, 7) is -3.09. The lowest BCUT2D eigenvalue weighted by Gasteiger charge is -2.59. The maximum Gasteiger partial charge on any atom is 0.0859 e. The first-order valence-corrected chi connectivity index (χ1v) is 7.48. The lowest BCUT2D eigenvalue weighted by Crippen LogP contribution is -2.67. The Morgan fingerprint density at radius 3 is 1.68 bits per heavy atom. The number of hydrogen-bond donors (Lipinski definition) is 8. The second kappa shape index (κ2) is 7.98. The van der Waals surface area contributed by atoms with Gasteiger partial charge in [0.25, 0.3) is 0 Å². The first-order valence-electron chi connectivity index (χ1n) is 7.48. The Hall–Kier alpha value is -0.320. The molecule has 0 aromatic carbocycles. The van der Waals surface area contributed by atoms with E-state index >= 15 is 0 Å². The molecule has 0 heterocycles. The highest BCUT2D eigenvalue weighted by Crippen LogP contribution is 2.58. The molecule has 22 heavy (non-hydrogen) atoms. The van der Waals surface area contributed by atoms with E-state index in [4.69, 9.17) is 0 Å². The van der Waals surface area contributed by atoms with E-state index in [1.807, 2.05) is 0 Å². The van der Waals surface area contributed by atoms with Gasteiger partial charge in [-0.2, -0.15) is 0 Å². The molecular formula is C14H28O8. The minimum Gasteiger partial charge on any atom is -0.396 e. The van der Waals surface area contributed by atoms with Gasteiger partial charge in [-0.05, 0) is 25.2 Å². The topological polar surface area (TPSA) is 162 Å². The molecule has 1 rings (SSSR count). The monoisotopic (exact) mass is 324 g/mol. The molecule has 8 N–H and O–H groups in total. The number of rotatable bonds is 8. The van der Waals surface area contributed by atoms with Gasteiger partial charge in [0.05, 0.1) is 44.7 Å². The van der Waals surface area contributed by atoms with Crippen LogP contribution in [0.3, 0.4) is 0 Å². The van der Waals surface area contributed by atoms with Crippen LogP contribution in [-0.2, 0) is 0 Å². The molecule has 0 bridgehead atoms. The lowest BCUT2D eigenvalue weighted by atomic mass is 9.47. The van der Waals surface area contributed by atoms with Gasteiger partial charge in [-0.1, -0.05) is 0 Å². The Kier molecular flexibility index (Phi) is 7.16. The minimum atomic E-state index is -1.65. The van der Waals surface area contributed by atoms with Crippen LogP contribution in [0.4, 0.5) is 0 Å². The molecule has 0 amide bonds. The maximum absolute atomic E-state index is 10.4. The van der Waals surface area contributed by atoms with Crippen molar-refractivity contribution < 1.29 is 40.9 Å². The predicted molar refractivity (Wildman–Crippen MR) is 75.7 cm³/mol. The van der Waals surface area contributed by atoms with Crippen molar-refractivity contribution in [3.05, 3.63) is 0 Å². The first kappa shape index (κ1) is 19.7. The molecule has 1 saturated carbocycles. The van der Waals surface area contributed by atoms with E-state index in [0.29, 0.717) is 6.42 Å². The Bertz CT molecular complexity index is 329. The Morgan fingerprint density at radius 1 is 0.818 bits per heavy atom. The minimum absolute atomic E-state index is 0.00935. The van der Waals surface area contributed by atoms with Gasteiger partial charge in [-0.3, -0.25) is 0 Å². The Balaban J connectivity index is 3.47. The molecule has 1 aliphatic carbocycles. The summed E-state index contributed by atoms with van der Waals surface area (Å²) in [7, 11) is 0. The SMILES string of the molecule is OCC1CCC(CO)(C(O)CO)C(C(O)CO)(C(O)CO)C1. The normalized spacial score (nSPS) is 36.8. The number of hydrogen-bond acceptors (Lipinski definition) is 8. The van der Waals surface area contributed by atoms with Gasteiger partial charge in [-0.25, -0.2) is 0 Å². The Labute approximate surface area is 129 Å². The summed E-state index contributed by atoms with van der Waals surface area (Å²) >= 11 is 0. The van der Waals surface area contributed by atoms with Crippen LogP contribution in [0, 0.1) is 16.7 Å². The van der Waals surface area contributed by atoms with Crippen LogP contribution in [0.5, 0.6) is 0 Å². The van der Waals surface area contributed by atoms with Crippen LogP contribution in [0.2, 0.25) is 0 Å². The van der Waals surface area contributed by atoms with Gasteiger partial charge < -0.3 is 40.9 Å². The molecule has 0 radical (unpaired) electrons. The van der Waals surface area contributed by atoms with Crippen LogP contribution in [0.15, 0.2) is 0 Å². The van der Waals surface area contributed by atoms with Gasteiger partial charge in [0.1, 0.15) is 0 Å². The van der Waals surface area contributed by atoms with Crippen LogP contribution < -0.4 is 0 Å². The summed E-state index contributed by atoms with van der Waals surface area (Å²) in [5.74, 6) is -0.326. The van der Waals surface area contributed by atoms with Crippen molar-refractivity contribution >= 4 is 0 Å². The third kappa shape index (κ3) is 2.90. The van der Waals surface area contributed by atoms with E-state index in [0.717, 1.165) is 0 Å². The number of aliphatic hydroxyl groups is 8. The van der Waals surface area contributed by atoms with E-state index in [1.165, 1.54) is 0 Å².